The van der Waals surface area contributed by atoms with Crippen molar-refractivity contribution in [2.75, 3.05) is 43.0 Å². The van der Waals surface area contributed by atoms with Gasteiger partial charge < -0.3 is 15.0 Å². The first-order valence-corrected chi connectivity index (χ1v) is 10.0. The molecule has 1 aromatic heterocycles. The zero-order chi connectivity index (χ0) is 20.2. The van der Waals surface area contributed by atoms with E-state index in [9.17, 15) is 9.18 Å². The molecule has 8 heteroatoms. The van der Waals surface area contributed by atoms with Crippen molar-refractivity contribution in [3.8, 4) is 5.75 Å². The molecule has 2 saturated heterocycles. The summed E-state index contributed by atoms with van der Waals surface area (Å²) >= 11 is 0. The van der Waals surface area contributed by atoms with E-state index in [0.29, 0.717) is 24.5 Å². The second-order valence-corrected chi connectivity index (χ2v) is 7.76. The van der Waals surface area contributed by atoms with Crippen LogP contribution < -0.4 is 15.0 Å². The molecule has 0 unspecified atom stereocenters. The highest BCUT2D eigenvalue weighted by atomic mass is 19.1. The fourth-order valence-corrected chi connectivity index (χ4v) is 4.13. The van der Waals surface area contributed by atoms with E-state index in [1.54, 1.807) is 0 Å². The number of aromatic nitrogens is 2. The lowest BCUT2D eigenvalue weighted by molar-refractivity contribution is -0.114. The zero-order valence-corrected chi connectivity index (χ0v) is 16.6. The van der Waals surface area contributed by atoms with Crippen molar-refractivity contribution in [3.63, 3.8) is 0 Å². The maximum atomic E-state index is 13.1. The van der Waals surface area contributed by atoms with Gasteiger partial charge in [-0.25, -0.2) is 14.4 Å². The van der Waals surface area contributed by atoms with Crippen molar-refractivity contribution in [1.29, 1.82) is 0 Å². The van der Waals surface area contributed by atoms with Gasteiger partial charge in [0.05, 0.1) is 19.0 Å². The highest BCUT2D eigenvalue weighted by Gasteiger charge is 2.33. The number of rotatable bonds is 5. The van der Waals surface area contributed by atoms with Gasteiger partial charge in [0.2, 0.25) is 11.9 Å². The van der Waals surface area contributed by atoms with Crippen molar-refractivity contribution in [3.05, 3.63) is 42.5 Å². The van der Waals surface area contributed by atoms with Gasteiger partial charge in [-0.05, 0) is 25.0 Å². The number of amides is 1. The molecule has 0 spiro atoms. The van der Waals surface area contributed by atoms with Crippen molar-refractivity contribution in [2.45, 2.75) is 25.8 Å². The molecular formula is C21H26FN5O2. The SMILES string of the molecule is CC(=O)Nc1cccc(OC[C@H]2CC[C@H]3CN(c4ncc(F)cn4)CCN3C2)c1. The predicted octanol–water partition coefficient (Wildman–Crippen LogP) is 2.55. The average molecular weight is 399 g/mol. The van der Waals surface area contributed by atoms with Gasteiger partial charge in [0.1, 0.15) is 5.75 Å². The van der Waals surface area contributed by atoms with Gasteiger partial charge in [-0.15, -0.1) is 0 Å². The van der Waals surface area contributed by atoms with Gasteiger partial charge in [0, 0.05) is 56.8 Å². The number of halogens is 1. The monoisotopic (exact) mass is 399 g/mol. The molecule has 3 heterocycles. The molecule has 1 amide bonds. The Hall–Kier alpha value is -2.74. The molecule has 0 aliphatic carbocycles. The summed E-state index contributed by atoms with van der Waals surface area (Å²) in [5.74, 6) is 1.36. The molecule has 2 atom stereocenters. The van der Waals surface area contributed by atoms with Crippen LogP contribution in [-0.2, 0) is 4.79 Å². The molecule has 2 aromatic rings. The van der Waals surface area contributed by atoms with Crippen LogP contribution in [-0.4, -0.2) is 59.6 Å². The number of hydrogen-bond donors (Lipinski definition) is 1. The molecule has 4 rings (SSSR count). The first kappa shape index (κ1) is 19.6. The van der Waals surface area contributed by atoms with Crippen LogP contribution in [0.1, 0.15) is 19.8 Å². The first-order chi connectivity index (χ1) is 14.1. The van der Waals surface area contributed by atoms with Crippen LogP contribution in [0.4, 0.5) is 16.0 Å². The van der Waals surface area contributed by atoms with E-state index in [4.69, 9.17) is 4.74 Å². The van der Waals surface area contributed by atoms with Crippen LogP contribution in [0.25, 0.3) is 0 Å². The zero-order valence-electron chi connectivity index (χ0n) is 16.6. The fraction of sp³-hybridized carbons (Fsp3) is 0.476. The molecule has 2 aliphatic rings. The highest BCUT2D eigenvalue weighted by molar-refractivity contribution is 5.88. The third-order valence-electron chi connectivity index (χ3n) is 5.54. The molecule has 2 aliphatic heterocycles. The van der Waals surface area contributed by atoms with E-state index in [1.165, 1.54) is 19.3 Å². The predicted molar refractivity (Wildman–Crippen MR) is 109 cm³/mol. The Bertz CT molecular complexity index is 847. The maximum Gasteiger partial charge on any atom is 0.225 e. The largest absolute Gasteiger partial charge is 0.493 e. The van der Waals surface area contributed by atoms with E-state index in [-0.39, 0.29) is 5.91 Å². The van der Waals surface area contributed by atoms with E-state index in [1.807, 2.05) is 24.3 Å². The molecule has 1 N–H and O–H groups in total. The van der Waals surface area contributed by atoms with Gasteiger partial charge in [-0.2, -0.15) is 0 Å². The molecule has 29 heavy (non-hydrogen) atoms. The summed E-state index contributed by atoms with van der Waals surface area (Å²) in [4.78, 5) is 24.1. The first-order valence-electron chi connectivity index (χ1n) is 10.0. The van der Waals surface area contributed by atoms with Crippen LogP contribution in [0.5, 0.6) is 5.75 Å². The van der Waals surface area contributed by atoms with Gasteiger partial charge in [-0.1, -0.05) is 6.07 Å². The van der Waals surface area contributed by atoms with E-state index < -0.39 is 5.82 Å². The number of hydrogen-bond acceptors (Lipinski definition) is 6. The third-order valence-corrected chi connectivity index (χ3v) is 5.54. The summed E-state index contributed by atoms with van der Waals surface area (Å²) < 4.78 is 19.1. The molecular weight excluding hydrogens is 373 g/mol. The lowest BCUT2D eigenvalue weighted by atomic mass is 9.91. The smallest absolute Gasteiger partial charge is 0.225 e. The minimum Gasteiger partial charge on any atom is -0.493 e. The fourth-order valence-electron chi connectivity index (χ4n) is 4.13. The van der Waals surface area contributed by atoms with Crippen molar-refractivity contribution < 1.29 is 13.9 Å². The highest BCUT2D eigenvalue weighted by Crippen LogP contribution is 2.27. The van der Waals surface area contributed by atoms with Crippen molar-refractivity contribution in [1.82, 2.24) is 14.9 Å². The van der Waals surface area contributed by atoms with Gasteiger partial charge in [0.25, 0.3) is 0 Å². The Morgan fingerprint density at radius 1 is 1.24 bits per heavy atom. The summed E-state index contributed by atoms with van der Waals surface area (Å²) in [6.07, 6.45) is 4.65. The standard InChI is InChI=1S/C21H26FN5O2/c1-15(28)25-18-3-2-4-20(9-18)29-14-16-5-6-19-13-27(8-7-26(19)12-16)21-23-10-17(22)11-24-21/h2-4,9-11,16,19H,5-8,12-14H2,1H3,(H,25,28)/t16-,19-/m0/s1. The maximum absolute atomic E-state index is 13.1. The molecule has 154 valence electrons. The second kappa shape index (κ2) is 8.73. The summed E-state index contributed by atoms with van der Waals surface area (Å²) in [7, 11) is 0. The molecule has 7 nitrogen and oxygen atoms in total. The Morgan fingerprint density at radius 2 is 2.07 bits per heavy atom. The van der Waals surface area contributed by atoms with E-state index in [2.05, 4.69) is 25.1 Å². The number of carbonyl (C=O) groups is 1. The number of ether oxygens (including phenoxy) is 1. The molecule has 0 bridgehead atoms. The molecule has 1 aromatic carbocycles. The third kappa shape index (κ3) is 5.00. The van der Waals surface area contributed by atoms with Crippen LogP contribution >= 0.6 is 0 Å². The second-order valence-electron chi connectivity index (χ2n) is 7.76. The van der Waals surface area contributed by atoms with E-state index >= 15 is 0 Å². The lowest BCUT2D eigenvalue weighted by Crippen LogP contribution is -2.57. The minimum absolute atomic E-state index is 0.0920. The van der Waals surface area contributed by atoms with Crippen LogP contribution in [0.2, 0.25) is 0 Å². The van der Waals surface area contributed by atoms with Gasteiger partial charge in [0.15, 0.2) is 5.82 Å². The average Bonchev–Trinajstić information content (AvgIpc) is 2.72. The molecule has 0 saturated carbocycles. The normalized spacial score (nSPS) is 22.1. The molecule has 0 radical (unpaired) electrons. The topological polar surface area (TPSA) is 70.6 Å². The summed E-state index contributed by atoms with van der Waals surface area (Å²) in [6, 6.07) is 7.97. The minimum atomic E-state index is -0.407. The number of fused-ring (bicyclic) bond motifs is 1. The Kier molecular flexibility index (Phi) is 5.89. The lowest BCUT2D eigenvalue weighted by Gasteiger charge is -2.46. The number of anilines is 2. The Balaban J connectivity index is 1.28. The number of piperazine rings is 1. The number of piperidine rings is 1. The van der Waals surface area contributed by atoms with Gasteiger partial charge >= 0.3 is 0 Å². The van der Waals surface area contributed by atoms with Crippen LogP contribution in [0, 0.1) is 11.7 Å². The van der Waals surface area contributed by atoms with Crippen molar-refractivity contribution >= 4 is 17.5 Å². The van der Waals surface area contributed by atoms with E-state index in [0.717, 1.165) is 50.5 Å². The van der Waals surface area contributed by atoms with Gasteiger partial charge in [-0.3, -0.25) is 9.69 Å². The summed E-state index contributed by atoms with van der Waals surface area (Å²) in [5.41, 5.74) is 0.748. The summed E-state index contributed by atoms with van der Waals surface area (Å²) in [6.45, 7) is 5.83. The quantitative estimate of drug-likeness (QED) is 0.833. The Labute approximate surface area is 169 Å². The number of benzene rings is 1. The Morgan fingerprint density at radius 3 is 2.86 bits per heavy atom. The number of carbonyl (C=O) groups excluding carboxylic acids is 1. The van der Waals surface area contributed by atoms with Crippen molar-refractivity contribution in [2.24, 2.45) is 5.92 Å². The van der Waals surface area contributed by atoms with Crippen LogP contribution in [0.3, 0.4) is 0 Å². The summed E-state index contributed by atoms with van der Waals surface area (Å²) in [5, 5.41) is 2.78. The number of nitrogens with zero attached hydrogens (tertiary/aromatic N) is 4. The molecule has 2 fully saturated rings. The number of nitrogens with one attached hydrogen (secondary N) is 1. The van der Waals surface area contributed by atoms with Crippen LogP contribution in [0.15, 0.2) is 36.7 Å².